The van der Waals surface area contributed by atoms with E-state index in [2.05, 4.69) is 10.0 Å². The lowest BCUT2D eigenvalue weighted by Gasteiger charge is -2.10. The lowest BCUT2D eigenvalue weighted by Crippen LogP contribution is -2.26. The molecule has 0 saturated carbocycles. The Morgan fingerprint density at radius 1 is 0.966 bits per heavy atom. The summed E-state index contributed by atoms with van der Waals surface area (Å²) in [5.41, 5.74) is 2.46. The van der Waals surface area contributed by atoms with Crippen molar-refractivity contribution in [1.82, 2.24) is 5.32 Å². The van der Waals surface area contributed by atoms with Crippen LogP contribution in [0.2, 0.25) is 0 Å². The average molecular weight is 412 g/mol. The van der Waals surface area contributed by atoms with Crippen LogP contribution in [0.25, 0.3) is 0 Å². The Balaban J connectivity index is 1.66. The monoisotopic (exact) mass is 412 g/mol. The molecule has 0 aliphatic rings. The number of hydrogen-bond acceptors (Lipinski definition) is 3. The van der Waals surface area contributed by atoms with Crippen molar-refractivity contribution in [2.75, 3.05) is 11.3 Å². The maximum Gasteiger partial charge on any atom is 0.261 e. The lowest BCUT2D eigenvalue weighted by atomic mass is 10.1. The van der Waals surface area contributed by atoms with E-state index in [0.717, 1.165) is 11.1 Å². The van der Waals surface area contributed by atoms with Crippen molar-refractivity contribution in [3.63, 3.8) is 0 Å². The van der Waals surface area contributed by atoms with E-state index in [-0.39, 0.29) is 16.3 Å². The summed E-state index contributed by atoms with van der Waals surface area (Å²) >= 11 is 0. The highest BCUT2D eigenvalue weighted by Gasteiger charge is 2.16. The number of sulfonamides is 1. The van der Waals surface area contributed by atoms with Crippen molar-refractivity contribution in [2.24, 2.45) is 0 Å². The van der Waals surface area contributed by atoms with E-state index < -0.39 is 15.9 Å². The third-order valence-electron chi connectivity index (χ3n) is 4.30. The highest BCUT2D eigenvalue weighted by atomic mass is 32.2. The molecule has 0 heterocycles. The maximum atomic E-state index is 13.2. The molecule has 0 spiro atoms. The Morgan fingerprint density at radius 2 is 1.69 bits per heavy atom. The smallest absolute Gasteiger partial charge is 0.261 e. The van der Waals surface area contributed by atoms with Crippen molar-refractivity contribution < 1.29 is 17.6 Å². The fourth-order valence-electron chi connectivity index (χ4n) is 2.76. The molecule has 0 aliphatic carbocycles. The molecular formula is C22H21FN2O3S. The summed E-state index contributed by atoms with van der Waals surface area (Å²) < 4.78 is 40.9. The van der Waals surface area contributed by atoms with Crippen LogP contribution in [0.1, 0.15) is 21.5 Å². The van der Waals surface area contributed by atoms with Crippen LogP contribution in [0, 0.1) is 12.7 Å². The number of nitrogens with one attached hydrogen (secondary N) is 2. The summed E-state index contributed by atoms with van der Waals surface area (Å²) in [6.45, 7) is 2.22. The molecule has 0 aromatic heterocycles. The van der Waals surface area contributed by atoms with Gasteiger partial charge in [0, 0.05) is 17.8 Å². The normalized spacial score (nSPS) is 11.1. The van der Waals surface area contributed by atoms with Gasteiger partial charge in [0.25, 0.3) is 15.9 Å². The second kappa shape index (κ2) is 8.87. The molecule has 2 N–H and O–H groups in total. The Bertz CT molecular complexity index is 1110. The Hall–Kier alpha value is -3.19. The summed E-state index contributed by atoms with van der Waals surface area (Å²) in [6.07, 6.45) is 0.469. The van der Waals surface area contributed by atoms with Crippen LogP contribution in [-0.2, 0) is 16.4 Å². The highest BCUT2D eigenvalue weighted by Crippen LogP contribution is 2.17. The SMILES string of the molecule is Cc1ccc(NS(=O)(=O)c2cccc(C(=O)NCCc3cccc(F)c3)c2)cc1. The van der Waals surface area contributed by atoms with E-state index in [1.165, 1.54) is 30.3 Å². The molecule has 1 amide bonds. The molecule has 0 radical (unpaired) electrons. The van der Waals surface area contributed by atoms with E-state index in [1.54, 1.807) is 42.5 Å². The number of halogens is 1. The second-order valence-electron chi connectivity index (χ2n) is 6.64. The van der Waals surface area contributed by atoms with Gasteiger partial charge in [0.1, 0.15) is 5.82 Å². The molecule has 0 bridgehead atoms. The predicted octanol–water partition coefficient (Wildman–Crippen LogP) is 3.91. The molecule has 29 heavy (non-hydrogen) atoms. The zero-order valence-electron chi connectivity index (χ0n) is 15.9. The number of hydrogen-bond donors (Lipinski definition) is 2. The van der Waals surface area contributed by atoms with Crippen molar-refractivity contribution in [2.45, 2.75) is 18.2 Å². The highest BCUT2D eigenvalue weighted by molar-refractivity contribution is 7.92. The van der Waals surface area contributed by atoms with Gasteiger partial charge in [-0.1, -0.05) is 35.9 Å². The van der Waals surface area contributed by atoms with Crippen LogP contribution in [0.4, 0.5) is 10.1 Å². The standard InChI is InChI=1S/C22H21FN2O3S/c1-16-8-10-20(11-9-16)25-29(27,28)21-7-3-5-18(15-21)22(26)24-13-12-17-4-2-6-19(23)14-17/h2-11,14-15,25H,12-13H2,1H3,(H,24,26). The van der Waals surface area contributed by atoms with Gasteiger partial charge in [-0.3, -0.25) is 9.52 Å². The molecule has 7 heteroatoms. The molecule has 0 saturated heterocycles. The van der Waals surface area contributed by atoms with Gasteiger partial charge >= 0.3 is 0 Å². The molecule has 0 fully saturated rings. The van der Waals surface area contributed by atoms with Crippen LogP contribution >= 0.6 is 0 Å². The molecule has 3 aromatic carbocycles. The molecule has 3 aromatic rings. The van der Waals surface area contributed by atoms with Crippen molar-refractivity contribution >= 4 is 21.6 Å². The van der Waals surface area contributed by atoms with Gasteiger partial charge in [-0.2, -0.15) is 0 Å². The molecule has 0 aliphatic heterocycles. The number of rotatable bonds is 7. The number of aryl methyl sites for hydroxylation is 1. The van der Waals surface area contributed by atoms with Crippen LogP contribution in [0.5, 0.6) is 0 Å². The lowest BCUT2D eigenvalue weighted by molar-refractivity contribution is 0.0954. The third kappa shape index (κ3) is 5.65. The van der Waals surface area contributed by atoms with E-state index in [4.69, 9.17) is 0 Å². The zero-order valence-corrected chi connectivity index (χ0v) is 16.7. The van der Waals surface area contributed by atoms with Crippen molar-refractivity contribution in [1.29, 1.82) is 0 Å². The molecule has 5 nitrogen and oxygen atoms in total. The first-order chi connectivity index (χ1) is 13.8. The van der Waals surface area contributed by atoms with Gasteiger partial charge in [-0.25, -0.2) is 12.8 Å². The van der Waals surface area contributed by atoms with Gasteiger partial charge in [0.05, 0.1) is 4.90 Å². The Labute approximate surface area is 169 Å². The first-order valence-electron chi connectivity index (χ1n) is 9.06. The Morgan fingerprint density at radius 3 is 2.41 bits per heavy atom. The molecule has 150 valence electrons. The summed E-state index contributed by atoms with van der Waals surface area (Å²) in [5.74, 6) is -0.721. The molecule has 3 rings (SSSR count). The minimum atomic E-state index is -3.82. The zero-order chi connectivity index (χ0) is 20.9. The largest absolute Gasteiger partial charge is 0.352 e. The van der Waals surface area contributed by atoms with Gasteiger partial charge in [0.2, 0.25) is 0 Å². The Kier molecular flexibility index (Phi) is 6.29. The van der Waals surface area contributed by atoms with Crippen LogP contribution in [-0.4, -0.2) is 20.9 Å². The van der Waals surface area contributed by atoms with E-state index in [0.29, 0.717) is 18.7 Å². The van der Waals surface area contributed by atoms with Crippen LogP contribution < -0.4 is 10.0 Å². The number of anilines is 1. The van der Waals surface area contributed by atoms with Gasteiger partial charge < -0.3 is 5.32 Å². The van der Waals surface area contributed by atoms with E-state index in [9.17, 15) is 17.6 Å². The molecule has 0 atom stereocenters. The fourth-order valence-corrected chi connectivity index (χ4v) is 3.86. The first kappa shape index (κ1) is 20.5. The number of carbonyl (C=O) groups is 1. The minimum Gasteiger partial charge on any atom is -0.352 e. The van der Waals surface area contributed by atoms with E-state index >= 15 is 0 Å². The second-order valence-corrected chi connectivity index (χ2v) is 8.32. The van der Waals surface area contributed by atoms with Crippen molar-refractivity contribution in [3.05, 3.63) is 95.3 Å². The molecule has 0 unspecified atom stereocenters. The predicted molar refractivity (Wildman–Crippen MR) is 111 cm³/mol. The van der Waals surface area contributed by atoms with Crippen LogP contribution in [0.15, 0.2) is 77.7 Å². The quantitative estimate of drug-likeness (QED) is 0.618. The number of benzene rings is 3. The first-order valence-corrected chi connectivity index (χ1v) is 10.5. The summed E-state index contributed by atoms with van der Waals surface area (Å²) in [6, 6.07) is 18.9. The molecular weight excluding hydrogens is 391 g/mol. The average Bonchev–Trinajstić information content (AvgIpc) is 2.70. The minimum absolute atomic E-state index is 0.00384. The third-order valence-corrected chi connectivity index (χ3v) is 5.68. The van der Waals surface area contributed by atoms with Gasteiger partial charge in [-0.15, -0.1) is 0 Å². The van der Waals surface area contributed by atoms with Gasteiger partial charge in [-0.05, 0) is 61.4 Å². The summed E-state index contributed by atoms with van der Waals surface area (Å²) in [7, 11) is -3.82. The maximum absolute atomic E-state index is 13.2. The van der Waals surface area contributed by atoms with E-state index in [1.807, 2.05) is 6.92 Å². The fraction of sp³-hybridized carbons (Fsp3) is 0.136. The number of carbonyl (C=O) groups excluding carboxylic acids is 1. The van der Waals surface area contributed by atoms with Gasteiger partial charge in [0.15, 0.2) is 0 Å². The topological polar surface area (TPSA) is 75.3 Å². The summed E-state index contributed by atoms with van der Waals surface area (Å²) in [5, 5.41) is 2.72. The van der Waals surface area contributed by atoms with Crippen molar-refractivity contribution in [3.8, 4) is 0 Å². The number of amides is 1. The van der Waals surface area contributed by atoms with Crippen LogP contribution in [0.3, 0.4) is 0 Å². The summed E-state index contributed by atoms with van der Waals surface area (Å²) in [4.78, 5) is 12.4.